The first-order chi connectivity index (χ1) is 7.18. The number of hydrogen-bond donors (Lipinski definition) is 1. The van der Waals surface area contributed by atoms with E-state index in [1.807, 2.05) is 12.1 Å². The van der Waals surface area contributed by atoms with E-state index in [0.29, 0.717) is 0 Å². The predicted molar refractivity (Wildman–Crippen MR) is 67.5 cm³/mol. The van der Waals surface area contributed by atoms with Gasteiger partial charge in [-0.2, -0.15) is 0 Å². The van der Waals surface area contributed by atoms with Gasteiger partial charge in [0.2, 0.25) is 0 Å². The summed E-state index contributed by atoms with van der Waals surface area (Å²) in [6.07, 6.45) is 2.11. The topological polar surface area (TPSA) is 12.0 Å². The summed E-state index contributed by atoms with van der Waals surface area (Å²) >= 11 is 5.80. The second-order valence-electron chi connectivity index (χ2n) is 3.83. The van der Waals surface area contributed by atoms with E-state index in [1.165, 1.54) is 11.1 Å². The van der Waals surface area contributed by atoms with Gasteiger partial charge in [-0.05, 0) is 50.6 Å². The Morgan fingerprint density at radius 2 is 1.93 bits per heavy atom. The molecular weight excluding hydrogens is 206 g/mol. The highest BCUT2D eigenvalue weighted by molar-refractivity contribution is 6.30. The highest BCUT2D eigenvalue weighted by atomic mass is 35.5. The standard InChI is InChI=1S/C13H18ClN/c1-11(2)7-9-15-10-8-12-3-5-13(14)6-4-12/h3-6,15H,1,7-10H2,2H3. The molecule has 0 radical (unpaired) electrons. The van der Waals surface area contributed by atoms with E-state index >= 15 is 0 Å². The smallest absolute Gasteiger partial charge is 0.0406 e. The van der Waals surface area contributed by atoms with E-state index in [0.717, 1.165) is 31.0 Å². The molecule has 2 heteroatoms. The summed E-state index contributed by atoms with van der Waals surface area (Å²) in [6.45, 7) is 7.95. The maximum absolute atomic E-state index is 5.80. The third kappa shape index (κ3) is 5.60. The van der Waals surface area contributed by atoms with Crippen LogP contribution < -0.4 is 5.32 Å². The van der Waals surface area contributed by atoms with Crippen molar-refractivity contribution in [3.8, 4) is 0 Å². The van der Waals surface area contributed by atoms with Crippen molar-refractivity contribution in [3.63, 3.8) is 0 Å². The van der Waals surface area contributed by atoms with E-state index in [4.69, 9.17) is 11.6 Å². The normalized spacial score (nSPS) is 10.3. The maximum atomic E-state index is 5.80. The van der Waals surface area contributed by atoms with Gasteiger partial charge in [0.05, 0.1) is 0 Å². The summed E-state index contributed by atoms with van der Waals surface area (Å²) < 4.78 is 0. The molecule has 0 fully saturated rings. The summed E-state index contributed by atoms with van der Waals surface area (Å²) in [7, 11) is 0. The molecule has 0 saturated carbocycles. The minimum absolute atomic E-state index is 0.800. The summed E-state index contributed by atoms with van der Waals surface area (Å²) in [6, 6.07) is 8.01. The fourth-order valence-electron chi connectivity index (χ4n) is 1.31. The first-order valence-corrected chi connectivity index (χ1v) is 5.66. The van der Waals surface area contributed by atoms with Crippen LogP contribution in [0.25, 0.3) is 0 Å². The van der Waals surface area contributed by atoms with Crippen molar-refractivity contribution in [2.24, 2.45) is 0 Å². The Hall–Kier alpha value is -0.790. The van der Waals surface area contributed by atoms with Crippen LogP contribution in [0.1, 0.15) is 18.9 Å². The number of benzene rings is 1. The lowest BCUT2D eigenvalue weighted by molar-refractivity contribution is 0.680. The Bertz CT molecular complexity index is 303. The predicted octanol–water partition coefficient (Wildman–Crippen LogP) is 3.44. The first kappa shape index (κ1) is 12.3. The van der Waals surface area contributed by atoms with Gasteiger partial charge in [-0.1, -0.05) is 29.3 Å². The fourth-order valence-corrected chi connectivity index (χ4v) is 1.44. The van der Waals surface area contributed by atoms with Gasteiger partial charge in [0.1, 0.15) is 0 Å². The Labute approximate surface area is 97.1 Å². The molecule has 0 atom stereocenters. The monoisotopic (exact) mass is 223 g/mol. The molecule has 0 bridgehead atoms. The maximum Gasteiger partial charge on any atom is 0.0406 e. The second-order valence-corrected chi connectivity index (χ2v) is 4.27. The SMILES string of the molecule is C=C(C)CCNCCc1ccc(Cl)cc1. The molecule has 15 heavy (non-hydrogen) atoms. The average molecular weight is 224 g/mol. The van der Waals surface area contributed by atoms with Crippen LogP contribution in [-0.4, -0.2) is 13.1 Å². The molecular formula is C13H18ClN. The average Bonchev–Trinajstić information content (AvgIpc) is 2.20. The van der Waals surface area contributed by atoms with Crippen molar-refractivity contribution in [2.75, 3.05) is 13.1 Å². The molecule has 82 valence electrons. The van der Waals surface area contributed by atoms with Crippen LogP contribution in [0.3, 0.4) is 0 Å². The number of nitrogens with one attached hydrogen (secondary N) is 1. The fraction of sp³-hybridized carbons (Fsp3) is 0.385. The summed E-state index contributed by atoms with van der Waals surface area (Å²) in [5.74, 6) is 0. The van der Waals surface area contributed by atoms with Crippen molar-refractivity contribution in [1.82, 2.24) is 5.32 Å². The molecule has 0 aromatic heterocycles. The minimum atomic E-state index is 0.800. The first-order valence-electron chi connectivity index (χ1n) is 5.28. The Kier molecular flexibility index (Phi) is 5.44. The Morgan fingerprint density at radius 1 is 1.27 bits per heavy atom. The van der Waals surface area contributed by atoms with Gasteiger partial charge in [0.25, 0.3) is 0 Å². The molecule has 0 amide bonds. The molecule has 0 aliphatic rings. The molecule has 1 nitrogen and oxygen atoms in total. The largest absolute Gasteiger partial charge is 0.316 e. The van der Waals surface area contributed by atoms with Crippen molar-refractivity contribution < 1.29 is 0 Å². The lowest BCUT2D eigenvalue weighted by Gasteiger charge is -2.04. The molecule has 0 aliphatic heterocycles. The molecule has 0 heterocycles. The molecule has 0 aliphatic carbocycles. The third-order valence-electron chi connectivity index (χ3n) is 2.23. The van der Waals surface area contributed by atoms with Gasteiger partial charge >= 0.3 is 0 Å². The van der Waals surface area contributed by atoms with E-state index in [-0.39, 0.29) is 0 Å². The summed E-state index contributed by atoms with van der Waals surface area (Å²) in [4.78, 5) is 0. The van der Waals surface area contributed by atoms with Crippen LogP contribution in [0.5, 0.6) is 0 Å². The van der Waals surface area contributed by atoms with Crippen molar-refractivity contribution >= 4 is 11.6 Å². The van der Waals surface area contributed by atoms with Crippen LogP contribution in [0.4, 0.5) is 0 Å². The van der Waals surface area contributed by atoms with E-state index in [1.54, 1.807) is 0 Å². The van der Waals surface area contributed by atoms with Gasteiger partial charge in [-0.25, -0.2) is 0 Å². The third-order valence-corrected chi connectivity index (χ3v) is 2.48. The number of halogens is 1. The molecule has 1 aromatic carbocycles. The quantitative estimate of drug-likeness (QED) is 0.576. The van der Waals surface area contributed by atoms with Crippen LogP contribution in [0.2, 0.25) is 5.02 Å². The van der Waals surface area contributed by atoms with Gasteiger partial charge in [0, 0.05) is 5.02 Å². The highest BCUT2D eigenvalue weighted by Crippen LogP contribution is 2.09. The van der Waals surface area contributed by atoms with Gasteiger partial charge in [0.15, 0.2) is 0 Å². The lowest BCUT2D eigenvalue weighted by atomic mass is 10.1. The van der Waals surface area contributed by atoms with E-state index < -0.39 is 0 Å². The van der Waals surface area contributed by atoms with Crippen molar-refractivity contribution in [2.45, 2.75) is 19.8 Å². The number of rotatable bonds is 6. The van der Waals surface area contributed by atoms with E-state index in [2.05, 4.69) is 31.0 Å². The summed E-state index contributed by atoms with van der Waals surface area (Å²) in [5.41, 5.74) is 2.55. The van der Waals surface area contributed by atoms with Crippen molar-refractivity contribution in [1.29, 1.82) is 0 Å². The Balaban J connectivity index is 2.15. The van der Waals surface area contributed by atoms with Crippen molar-refractivity contribution in [3.05, 3.63) is 47.0 Å². The summed E-state index contributed by atoms with van der Waals surface area (Å²) in [5, 5.41) is 4.19. The molecule has 1 rings (SSSR count). The zero-order valence-electron chi connectivity index (χ0n) is 9.22. The number of hydrogen-bond acceptors (Lipinski definition) is 1. The van der Waals surface area contributed by atoms with Crippen LogP contribution in [0.15, 0.2) is 36.4 Å². The molecule has 1 aromatic rings. The van der Waals surface area contributed by atoms with Gasteiger partial charge < -0.3 is 5.32 Å². The van der Waals surface area contributed by atoms with Crippen LogP contribution in [-0.2, 0) is 6.42 Å². The molecule has 1 N–H and O–H groups in total. The van der Waals surface area contributed by atoms with Gasteiger partial charge in [-0.15, -0.1) is 6.58 Å². The van der Waals surface area contributed by atoms with Crippen LogP contribution >= 0.6 is 11.6 Å². The minimum Gasteiger partial charge on any atom is -0.316 e. The lowest BCUT2D eigenvalue weighted by Crippen LogP contribution is -2.18. The van der Waals surface area contributed by atoms with Crippen LogP contribution in [0, 0.1) is 0 Å². The van der Waals surface area contributed by atoms with E-state index in [9.17, 15) is 0 Å². The second kappa shape index (κ2) is 6.65. The molecule has 0 spiro atoms. The van der Waals surface area contributed by atoms with Gasteiger partial charge in [-0.3, -0.25) is 0 Å². The highest BCUT2D eigenvalue weighted by Gasteiger charge is 1.93. The molecule has 0 saturated heterocycles. The zero-order chi connectivity index (χ0) is 11.1. The zero-order valence-corrected chi connectivity index (χ0v) is 9.98. The Morgan fingerprint density at radius 3 is 2.53 bits per heavy atom. The molecule has 0 unspecified atom stereocenters.